The maximum absolute atomic E-state index is 13.0. The molecule has 2 N–H and O–H groups in total. The lowest BCUT2D eigenvalue weighted by molar-refractivity contribution is 0.0500. The number of esters is 1. The Bertz CT molecular complexity index is 1230. The first kappa shape index (κ1) is 28.1. The Hall–Kier alpha value is -3.44. The zero-order valence-electron chi connectivity index (χ0n) is 21.3. The van der Waals surface area contributed by atoms with Crippen LogP contribution in [0.2, 0.25) is 0 Å². The van der Waals surface area contributed by atoms with Crippen molar-refractivity contribution >= 4 is 55.9 Å². The number of rotatable bonds is 12. The van der Waals surface area contributed by atoms with E-state index in [4.69, 9.17) is 31.2 Å². The first-order valence-corrected chi connectivity index (χ1v) is 13.4. The molecule has 3 rings (SSSR count). The van der Waals surface area contributed by atoms with Crippen LogP contribution in [0.25, 0.3) is 10.2 Å². The normalized spacial score (nSPS) is 10.6. The first-order valence-electron chi connectivity index (χ1n) is 12.2. The van der Waals surface area contributed by atoms with Crippen molar-refractivity contribution in [3.63, 3.8) is 0 Å². The van der Waals surface area contributed by atoms with Crippen LogP contribution in [0.15, 0.2) is 30.3 Å². The summed E-state index contributed by atoms with van der Waals surface area (Å²) in [6.45, 7) is 9.19. The standard InChI is InChI=1S/C26H31N3O6S2/c1-5-9-12-35-24(31)16-10-11-18-21(15-16)37-26(27-18)29-25(36)28-23(30)17-13-19(32-6-2)22(34-8-4)20(14-17)33-7-3/h10-11,13-15H,5-9,12H2,1-4H3,(H2,27,28,29,30,36). The number of fused-ring (bicyclic) bond motifs is 1. The molecule has 0 unspecified atom stereocenters. The second-order valence-electron chi connectivity index (χ2n) is 7.70. The van der Waals surface area contributed by atoms with Gasteiger partial charge in [-0.05, 0) is 69.7 Å². The van der Waals surface area contributed by atoms with Crippen LogP contribution in [-0.2, 0) is 4.74 Å². The number of hydrogen-bond acceptors (Lipinski definition) is 9. The highest BCUT2D eigenvalue weighted by atomic mass is 32.1. The number of aromatic nitrogens is 1. The van der Waals surface area contributed by atoms with Gasteiger partial charge in [-0.2, -0.15) is 0 Å². The van der Waals surface area contributed by atoms with E-state index in [-0.39, 0.29) is 11.1 Å². The minimum absolute atomic E-state index is 0.0769. The highest BCUT2D eigenvalue weighted by Crippen LogP contribution is 2.39. The smallest absolute Gasteiger partial charge is 0.338 e. The quantitative estimate of drug-likeness (QED) is 0.171. The number of anilines is 1. The van der Waals surface area contributed by atoms with E-state index in [1.165, 1.54) is 11.3 Å². The van der Waals surface area contributed by atoms with Crippen LogP contribution in [0, 0.1) is 0 Å². The fraction of sp³-hybridized carbons (Fsp3) is 0.385. The van der Waals surface area contributed by atoms with Crippen molar-refractivity contribution in [1.29, 1.82) is 0 Å². The number of ether oxygens (including phenoxy) is 4. The van der Waals surface area contributed by atoms with Crippen LogP contribution >= 0.6 is 23.6 Å². The number of thiazole rings is 1. The lowest BCUT2D eigenvalue weighted by atomic mass is 10.1. The molecule has 1 heterocycles. The Labute approximate surface area is 225 Å². The highest BCUT2D eigenvalue weighted by Gasteiger charge is 2.19. The maximum Gasteiger partial charge on any atom is 0.338 e. The van der Waals surface area contributed by atoms with Crippen molar-refractivity contribution in [3.8, 4) is 17.2 Å². The number of amides is 1. The largest absolute Gasteiger partial charge is 0.490 e. The number of nitrogens with one attached hydrogen (secondary N) is 2. The summed E-state index contributed by atoms with van der Waals surface area (Å²) < 4.78 is 23.1. The van der Waals surface area contributed by atoms with E-state index in [1.54, 1.807) is 30.3 Å². The Balaban J connectivity index is 1.72. The molecule has 0 aliphatic rings. The van der Waals surface area contributed by atoms with Crippen LogP contribution in [0.5, 0.6) is 17.2 Å². The molecule has 37 heavy (non-hydrogen) atoms. The predicted molar refractivity (Wildman–Crippen MR) is 148 cm³/mol. The van der Waals surface area contributed by atoms with Crippen LogP contribution in [-0.4, -0.2) is 48.4 Å². The lowest BCUT2D eigenvalue weighted by Crippen LogP contribution is -2.34. The average Bonchev–Trinajstić information content (AvgIpc) is 3.27. The van der Waals surface area contributed by atoms with Gasteiger partial charge < -0.3 is 24.3 Å². The first-order chi connectivity index (χ1) is 17.9. The summed E-state index contributed by atoms with van der Waals surface area (Å²) in [4.78, 5) is 29.7. The van der Waals surface area contributed by atoms with E-state index in [0.29, 0.717) is 65.5 Å². The van der Waals surface area contributed by atoms with Crippen LogP contribution in [0.1, 0.15) is 61.3 Å². The zero-order chi connectivity index (χ0) is 26.8. The number of hydrogen-bond donors (Lipinski definition) is 2. The molecule has 198 valence electrons. The van der Waals surface area contributed by atoms with Crippen LogP contribution in [0.3, 0.4) is 0 Å². The van der Waals surface area contributed by atoms with Crippen molar-refractivity contribution < 1.29 is 28.5 Å². The number of carbonyl (C=O) groups is 2. The molecule has 0 fully saturated rings. The minimum atomic E-state index is -0.444. The molecule has 0 saturated carbocycles. The summed E-state index contributed by atoms with van der Waals surface area (Å²) in [5.74, 6) is 0.463. The van der Waals surface area contributed by atoms with Crippen molar-refractivity contribution in [2.45, 2.75) is 40.5 Å². The summed E-state index contributed by atoms with van der Waals surface area (Å²) in [5.41, 5.74) is 1.45. The number of unbranched alkanes of at least 4 members (excludes halogenated alkanes) is 1. The molecule has 0 aliphatic carbocycles. The van der Waals surface area contributed by atoms with E-state index >= 15 is 0 Å². The summed E-state index contributed by atoms with van der Waals surface area (Å²) >= 11 is 6.65. The Kier molecular flexibility index (Phi) is 10.5. The van der Waals surface area contributed by atoms with E-state index in [9.17, 15) is 9.59 Å². The number of thiocarbonyl (C=S) groups is 1. The molecule has 0 radical (unpaired) electrons. The van der Waals surface area contributed by atoms with E-state index in [2.05, 4.69) is 15.6 Å². The van der Waals surface area contributed by atoms with Gasteiger partial charge in [-0.1, -0.05) is 24.7 Å². The number of benzene rings is 2. The van der Waals surface area contributed by atoms with Gasteiger partial charge in [0, 0.05) is 5.56 Å². The van der Waals surface area contributed by atoms with Gasteiger partial charge >= 0.3 is 5.97 Å². The van der Waals surface area contributed by atoms with Gasteiger partial charge in [-0.25, -0.2) is 9.78 Å². The fourth-order valence-corrected chi connectivity index (χ4v) is 4.48. The van der Waals surface area contributed by atoms with E-state index in [0.717, 1.165) is 17.5 Å². The van der Waals surface area contributed by atoms with Gasteiger partial charge in [0.2, 0.25) is 5.75 Å². The molecule has 9 nitrogen and oxygen atoms in total. The van der Waals surface area contributed by atoms with Crippen molar-refractivity contribution in [3.05, 3.63) is 41.5 Å². The second kappa shape index (κ2) is 13.8. The molecule has 0 aliphatic heterocycles. The molecule has 3 aromatic rings. The Morgan fingerprint density at radius 2 is 1.62 bits per heavy atom. The van der Waals surface area contributed by atoms with Crippen LogP contribution in [0.4, 0.5) is 5.13 Å². The molecule has 2 aromatic carbocycles. The molecule has 1 aromatic heterocycles. The summed E-state index contributed by atoms with van der Waals surface area (Å²) in [7, 11) is 0. The SMILES string of the molecule is CCCCOC(=O)c1ccc2nc(NC(=S)NC(=O)c3cc(OCC)c(OCC)c(OCC)c3)sc2c1. The molecule has 11 heteroatoms. The van der Waals surface area contributed by atoms with Gasteiger partial charge in [0.1, 0.15) is 0 Å². The van der Waals surface area contributed by atoms with E-state index < -0.39 is 5.91 Å². The monoisotopic (exact) mass is 545 g/mol. The van der Waals surface area contributed by atoms with Crippen molar-refractivity contribution in [2.75, 3.05) is 31.7 Å². The summed E-state index contributed by atoms with van der Waals surface area (Å²) in [6.07, 6.45) is 1.77. The molecule has 0 saturated heterocycles. The van der Waals surface area contributed by atoms with Crippen molar-refractivity contribution in [1.82, 2.24) is 10.3 Å². The maximum atomic E-state index is 13.0. The minimum Gasteiger partial charge on any atom is -0.490 e. The number of carbonyl (C=O) groups excluding carboxylic acids is 2. The summed E-state index contributed by atoms with van der Waals surface area (Å²) in [6, 6.07) is 8.34. The number of nitrogens with zero attached hydrogens (tertiary/aromatic N) is 1. The third-order valence-electron chi connectivity index (χ3n) is 4.97. The zero-order valence-corrected chi connectivity index (χ0v) is 23.0. The van der Waals surface area contributed by atoms with E-state index in [1.807, 2.05) is 27.7 Å². The van der Waals surface area contributed by atoms with Gasteiger partial charge in [0.15, 0.2) is 21.7 Å². The highest BCUT2D eigenvalue weighted by molar-refractivity contribution is 7.80. The molecule has 1 amide bonds. The average molecular weight is 546 g/mol. The van der Waals surface area contributed by atoms with Crippen LogP contribution < -0.4 is 24.8 Å². The molecule has 0 spiro atoms. The third-order valence-corrected chi connectivity index (χ3v) is 6.11. The topological polar surface area (TPSA) is 108 Å². The van der Waals surface area contributed by atoms with Gasteiger partial charge in [0.25, 0.3) is 5.91 Å². The fourth-order valence-electron chi connectivity index (χ4n) is 3.32. The Morgan fingerprint density at radius 3 is 2.24 bits per heavy atom. The molecular weight excluding hydrogens is 514 g/mol. The van der Waals surface area contributed by atoms with Gasteiger partial charge in [-0.15, -0.1) is 0 Å². The third kappa shape index (κ3) is 7.53. The van der Waals surface area contributed by atoms with Gasteiger partial charge in [0.05, 0.1) is 42.2 Å². The Morgan fingerprint density at radius 1 is 0.946 bits per heavy atom. The van der Waals surface area contributed by atoms with Gasteiger partial charge in [-0.3, -0.25) is 10.1 Å². The predicted octanol–water partition coefficient (Wildman–Crippen LogP) is 5.58. The lowest BCUT2D eigenvalue weighted by Gasteiger charge is -2.17. The summed E-state index contributed by atoms with van der Waals surface area (Å²) in [5, 5.41) is 6.15. The van der Waals surface area contributed by atoms with Crippen molar-refractivity contribution in [2.24, 2.45) is 0 Å². The molecule has 0 bridgehead atoms. The molecular formula is C26H31N3O6S2. The second-order valence-corrected chi connectivity index (χ2v) is 9.14. The molecule has 0 atom stereocenters.